The number of benzene rings is 3. The number of hydrogen-bond donors (Lipinski definition) is 0. The van der Waals surface area contributed by atoms with Gasteiger partial charge in [-0.25, -0.2) is 26.2 Å². The molecule has 1 aromatic heterocycles. The summed E-state index contributed by atoms with van der Waals surface area (Å²) < 4.78 is 60.9. The van der Waals surface area contributed by atoms with E-state index in [4.69, 9.17) is 4.74 Å². The van der Waals surface area contributed by atoms with Crippen molar-refractivity contribution < 1.29 is 31.5 Å². The maximum Gasteiger partial charge on any atom is 0.269 e. The highest BCUT2D eigenvalue weighted by Crippen LogP contribution is 2.28. The number of hydrogen-bond acceptors (Lipinski definition) is 6. The number of halogens is 2. The normalized spacial score (nSPS) is 13.5. The van der Waals surface area contributed by atoms with Gasteiger partial charge >= 0.3 is 0 Å². The van der Waals surface area contributed by atoms with Gasteiger partial charge in [-0.05, 0) is 36.4 Å². The smallest absolute Gasteiger partial charge is 0.269 e. The van der Waals surface area contributed by atoms with Crippen LogP contribution in [0.25, 0.3) is 11.0 Å². The first-order chi connectivity index (χ1) is 16.7. The van der Waals surface area contributed by atoms with Crippen molar-refractivity contribution in [3.63, 3.8) is 0 Å². The van der Waals surface area contributed by atoms with Gasteiger partial charge in [0.15, 0.2) is 11.6 Å². The Hall–Kier alpha value is -4.12. The Morgan fingerprint density at radius 3 is 2.11 bits per heavy atom. The summed E-state index contributed by atoms with van der Waals surface area (Å²) in [5.41, 5.74) is 0.248. The Morgan fingerprint density at radius 2 is 1.51 bits per heavy atom. The molecular weight excluding hydrogens is 480 g/mol. The quantitative estimate of drug-likeness (QED) is 0.379. The number of amides is 2. The highest BCUT2D eigenvalue weighted by molar-refractivity contribution is 7.90. The zero-order chi connectivity index (χ0) is 24.9. The van der Waals surface area contributed by atoms with E-state index in [0.717, 1.165) is 21.0 Å². The van der Waals surface area contributed by atoms with Crippen molar-refractivity contribution in [2.75, 3.05) is 13.7 Å². The van der Waals surface area contributed by atoms with Gasteiger partial charge in [-0.15, -0.1) is 0 Å². The van der Waals surface area contributed by atoms with E-state index in [1.165, 1.54) is 43.5 Å². The molecule has 3 aromatic carbocycles. The van der Waals surface area contributed by atoms with Gasteiger partial charge in [-0.1, -0.05) is 12.1 Å². The van der Waals surface area contributed by atoms with Crippen LogP contribution < -0.4 is 4.74 Å². The Bertz CT molecular complexity index is 1580. The van der Waals surface area contributed by atoms with Crippen LogP contribution in [-0.4, -0.2) is 47.7 Å². The first-order valence-corrected chi connectivity index (χ1v) is 11.9. The molecule has 0 unspecified atom stereocenters. The molecule has 2 amide bonds. The molecular formula is C24H17F2N3O5S. The van der Waals surface area contributed by atoms with E-state index in [2.05, 4.69) is 4.98 Å². The van der Waals surface area contributed by atoms with Gasteiger partial charge in [0.25, 0.3) is 21.8 Å². The number of aromatic nitrogens is 2. The molecule has 0 N–H and O–H groups in total. The minimum atomic E-state index is -4.31. The van der Waals surface area contributed by atoms with Crippen molar-refractivity contribution >= 4 is 32.9 Å². The van der Waals surface area contributed by atoms with E-state index < -0.39 is 33.5 Å². The molecule has 0 spiro atoms. The van der Waals surface area contributed by atoms with E-state index in [1.807, 2.05) is 0 Å². The van der Waals surface area contributed by atoms with Crippen LogP contribution in [0.15, 0.2) is 65.6 Å². The van der Waals surface area contributed by atoms with Gasteiger partial charge in [0.1, 0.15) is 11.6 Å². The molecule has 0 fully saturated rings. The molecule has 4 aromatic rings. The first kappa shape index (κ1) is 22.7. The largest absolute Gasteiger partial charge is 0.497 e. The Balaban J connectivity index is 1.57. The molecule has 0 saturated carbocycles. The second-order valence-corrected chi connectivity index (χ2v) is 9.57. The van der Waals surface area contributed by atoms with Gasteiger partial charge in [0.2, 0.25) is 0 Å². The number of methoxy groups -OCH3 is 1. The molecule has 1 aliphatic rings. The van der Waals surface area contributed by atoms with Crippen LogP contribution in [-0.2, 0) is 16.4 Å². The van der Waals surface area contributed by atoms with Gasteiger partial charge < -0.3 is 4.74 Å². The Labute approximate surface area is 198 Å². The fourth-order valence-electron chi connectivity index (χ4n) is 4.03. The van der Waals surface area contributed by atoms with Crippen molar-refractivity contribution in [2.24, 2.45) is 0 Å². The topological polar surface area (TPSA) is 98.6 Å². The molecule has 178 valence electrons. The number of imide groups is 1. The summed E-state index contributed by atoms with van der Waals surface area (Å²) in [4.78, 5) is 30.5. The van der Waals surface area contributed by atoms with Crippen molar-refractivity contribution in [3.8, 4) is 5.75 Å². The molecule has 0 radical (unpaired) electrons. The Morgan fingerprint density at radius 1 is 0.914 bits per heavy atom. The average Bonchev–Trinajstić information content (AvgIpc) is 3.32. The molecule has 2 heterocycles. The number of ether oxygens (including phenoxy) is 1. The van der Waals surface area contributed by atoms with Crippen molar-refractivity contribution in [2.45, 2.75) is 11.3 Å². The third kappa shape index (κ3) is 3.64. The SMILES string of the molecule is COc1ccc(S(=O)(=O)n2c(CCN3C(=O)c4ccccc4C3=O)nc3cc(F)c(F)cc32)cc1. The van der Waals surface area contributed by atoms with Crippen LogP contribution in [0.5, 0.6) is 5.75 Å². The average molecular weight is 497 g/mol. The van der Waals surface area contributed by atoms with Crippen LogP contribution in [0.4, 0.5) is 8.78 Å². The molecule has 0 bridgehead atoms. The second kappa shape index (κ2) is 8.27. The van der Waals surface area contributed by atoms with Crippen LogP contribution >= 0.6 is 0 Å². The highest BCUT2D eigenvalue weighted by atomic mass is 32.2. The van der Waals surface area contributed by atoms with Gasteiger partial charge in [-0.3, -0.25) is 14.5 Å². The number of rotatable bonds is 6. The van der Waals surface area contributed by atoms with E-state index >= 15 is 0 Å². The third-order valence-electron chi connectivity index (χ3n) is 5.76. The van der Waals surface area contributed by atoms with Crippen molar-refractivity contribution in [1.29, 1.82) is 0 Å². The maximum absolute atomic E-state index is 14.1. The summed E-state index contributed by atoms with van der Waals surface area (Å²) >= 11 is 0. The molecule has 35 heavy (non-hydrogen) atoms. The fraction of sp³-hybridized carbons (Fsp3) is 0.125. The highest BCUT2D eigenvalue weighted by Gasteiger charge is 2.35. The van der Waals surface area contributed by atoms with Crippen LogP contribution in [0.3, 0.4) is 0 Å². The van der Waals surface area contributed by atoms with E-state index in [1.54, 1.807) is 12.1 Å². The minimum Gasteiger partial charge on any atom is -0.497 e. The zero-order valence-corrected chi connectivity index (χ0v) is 19.1. The number of nitrogens with zero attached hydrogens (tertiary/aromatic N) is 3. The molecule has 8 nitrogen and oxygen atoms in total. The molecule has 11 heteroatoms. The lowest BCUT2D eigenvalue weighted by atomic mass is 10.1. The summed E-state index contributed by atoms with van der Waals surface area (Å²) in [5, 5.41) is 0. The summed E-state index contributed by atoms with van der Waals surface area (Å²) in [6.07, 6.45) is -0.168. The Kier molecular flexibility index (Phi) is 5.36. The second-order valence-electron chi connectivity index (χ2n) is 7.79. The van der Waals surface area contributed by atoms with Gasteiger partial charge in [-0.2, -0.15) is 0 Å². The maximum atomic E-state index is 14.1. The summed E-state index contributed by atoms with van der Waals surface area (Å²) in [5.74, 6) is -3.10. The van der Waals surface area contributed by atoms with Crippen molar-refractivity contribution in [3.05, 3.63) is 89.2 Å². The fourth-order valence-corrected chi connectivity index (χ4v) is 5.54. The number of carbonyl (C=O) groups excluding carboxylic acids is 2. The monoisotopic (exact) mass is 497 g/mol. The van der Waals surface area contributed by atoms with Crippen LogP contribution in [0, 0.1) is 11.6 Å². The lowest BCUT2D eigenvalue weighted by molar-refractivity contribution is 0.0655. The van der Waals surface area contributed by atoms with Crippen molar-refractivity contribution in [1.82, 2.24) is 13.9 Å². The minimum absolute atomic E-state index is 0.0849. The predicted molar refractivity (Wildman–Crippen MR) is 121 cm³/mol. The summed E-state index contributed by atoms with van der Waals surface area (Å²) in [6, 6.07) is 13.4. The van der Waals surface area contributed by atoms with Gasteiger partial charge in [0, 0.05) is 25.1 Å². The lowest BCUT2D eigenvalue weighted by Gasteiger charge is -2.15. The van der Waals surface area contributed by atoms with Gasteiger partial charge in [0.05, 0.1) is 34.2 Å². The molecule has 1 aliphatic heterocycles. The zero-order valence-electron chi connectivity index (χ0n) is 18.2. The van der Waals surface area contributed by atoms with E-state index in [9.17, 15) is 26.8 Å². The number of imidazole rings is 1. The third-order valence-corrected chi connectivity index (χ3v) is 7.51. The standard InChI is InChI=1S/C24H17F2N3O5S/c1-34-14-6-8-15(9-7-14)35(32,33)29-21-13-19(26)18(25)12-20(21)27-22(29)10-11-28-23(30)16-4-2-3-5-17(16)24(28)31/h2-9,12-13H,10-11H2,1H3. The molecule has 5 rings (SSSR count). The van der Waals surface area contributed by atoms with E-state index in [-0.39, 0.29) is 45.8 Å². The van der Waals surface area contributed by atoms with Crippen LogP contribution in [0.1, 0.15) is 26.5 Å². The summed E-state index contributed by atoms with van der Waals surface area (Å²) in [6.45, 7) is -0.182. The number of fused-ring (bicyclic) bond motifs is 2. The molecule has 0 saturated heterocycles. The van der Waals surface area contributed by atoms with E-state index in [0.29, 0.717) is 5.75 Å². The number of carbonyl (C=O) groups is 2. The lowest BCUT2D eigenvalue weighted by Crippen LogP contribution is -2.32. The first-order valence-electron chi connectivity index (χ1n) is 10.4. The predicted octanol–water partition coefficient (Wildman–Crippen LogP) is 3.40. The summed E-state index contributed by atoms with van der Waals surface area (Å²) in [7, 11) is -2.88. The molecule has 0 aliphatic carbocycles. The molecule has 0 atom stereocenters. The van der Waals surface area contributed by atoms with Crippen LogP contribution in [0.2, 0.25) is 0 Å².